The van der Waals surface area contributed by atoms with Crippen molar-refractivity contribution in [3.63, 3.8) is 0 Å². The third kappa shape index (κ3) is 71.1. The van der Waals surface area contributed by atoms with Crippen LogP contribution < -0.4 is 10.6 Å². The molecular formula is C56H112N16O20. The Bertz CT molecular complexity index is 1840. The van der Waals surface area contributed by atoms with Crippen molar-refractivity contribution in [1.82, 2.24) is 35.4 Å². The lowest BCUT2D eigenvalue weighted by atomic mass is 10.4. The maximum absolute atomic E-state index is 11.2. The van der Waals surface area contributed by atoms with Crippen molar-refractivity contribution in [2.75, 3.05) is 311 Å². The Hall–Kier alpha value is -4.79. The number of hydrogen-bond acceptors (Lipinski definition) is 27. The van der Waals surface area contributed by atoms with Crippen molar-refractivity contribution >= 4 is 11.8 Å². The zero-order valence-corrected chi connectivity index (χ0v) is 54.4. The molecule has 1 aromatic heterocycles. The molecule has 0 unspecified atom stereocenters. The highest BCUT2D eigenvalue weighted by Crippen LogP contribution is 1.97. The molecule has 1 aromatic rings. The number of azide groups is 3. The number of nitrogens with zero attached hydrogens (tertiary/aromatic N) is 14. The molecule has 0 atom stereocenters. The third-order valence-corrected chi connectivity index (χ3v) is 11.6. The predicted molar refractivity (Wildman–Crippen MR) is 339 cm³/mol. The van der Waals surface area contributed by atoms with Crippen LogP contribution >= 0.6 is 0 Å². The number of aryl methyl sites for hydroxylation is 1. The Morgan fingerprint density at radius 3 is 0.815 bits per heavy atom. The maximum Gasteiger partial charge on any atom is 0.222 e. The van der Waals surface area contributed by atoms with Gasteiger partial charge in [-0.05, 0) is 23.5 Å². The maximum atomic E-state index is 11.2. The van der Waals surface area contributed by atoms with Crippen molar-refractivity contribution in [3.05, 3.63) is 43.2 Å². The highest BCUT2D eigenvalue weighted by Gasteiger charge is 2.09. The summed E-state index contributed by atoms with van der Waals surface area (Å²) in [6, 6.07) is 0. The molecule has 1 heterocycles. The minimum Gasteiger partial charge on any atom is -0.379 e. The molecule has 0 spiro atoms. The first-order valence-corrected chi connectivity index (χ1v) is 31.0. The normalized spacial score (nSPS) is 11.0. The number of aromatic nitrogens is 3. The quantitative estimate of drug-likeness (QED) is 0.0409. The number of hydrogen-bond donors (Lipinski definition) is 2. The summed E-state index contributed by atoms with van der Waals surface area (Å²) in [6.45, 7) is 24.6. The summed E-state index contributed by atoms with van der Waals surface area (Å²) >= 11 is 0. The van der Waals surface area contributed by atoms with Crippen LogP contribution in [0.1, 0.15) is 26.0 Å². The van der Waals surface area contributed by atoms with Crippen molar-refractivity contribution in [1.29, 1.82) is 0 Å². The monoisotopic (exact) mass is 1330 g/mol. The third-order valence-electron chi connectivity index (χ3n) is 11.6. The fourth-order valence-corrected chi connectivity index (χ4v) is 6.78. The lowest BCUT2D eigenvalue weighted by molar-refractivity contribution is -0.122. The molecule has 536 valence electrons. The van der Waals surface area contributed by atoms with Gasteiger partial charge >= 0.3 is 0 Å². The van der Waals surface area contributed by atoms with Gasteiger partial charge in [0.1, 0.15) is 0 Å². The Kier molecular flexibility index (Phi) is 74.6. The average Bonchev–Trinajstić information content (AvgIpc) is 4.11. The van der Waals surface area contributed by atoms with Gasteiger partial charge < -0.3 is 95.9 Å². The molecule has 2 amide bonds. The molecule has 36 nitrogen and oxygen atoms in total. The number of carbonyl (C=O) groups is 2. The molecule has 0 aromatic carbocycles. The lowest BCUT2D eigenvalue weighted by Gasteiger charge is -2.22. The SMILES string of the molecule is C.CNC(=O)CCOCCOCCOCCN(CCOCCOCCOCCN=[N+]=[N-])CCOCCOCCOCCN=[N+]=[N-].CNC(=O)CCOCCOCCOCCN(CCOCCOCCOCCN=[N+]=[N-])CCOCCOCCOCCn1cc(C)nn1. The van der Waals surface area contributed by atoms with Gasteiger partial charge in [0.25, 0.3) is 0 Å². The number of amides is 2. The van der Waals surface area contributed by atoms with E-state index in [9.17, 15) is 9.59 Å². The van der Waals surface area contributed by atoms with Gasteiger partial charge in [0.05, 0.1) is 250 Å². The highest BCUT2D eigenvalue weighted by atomic mass is 16.6. The number of rotatable bonds is 72. The molecule has 1 rings (SSSR count). The van der Waals surface area contributed by atoms with Gasteiger partial charge in [0.2, 0.25) is 11.8 Å². The van der Waals surface area contributed by atoms with Gasteiger partial charge in [-0.25, -0.2) is 4.68 Å². The van der Waals surface area contributed by atoms with Crippen molar-refractivity contribution in [2.45, 2.75) is 33.7 Å². The molecule has 0 saturated carbocycles. The first-order chi connectivity index (χ1) is 44.9. The largest absolute Gasteiger partial charge is 0.379 e. The van der Waals surface area contributed by atoms with Crippen LogP contribution in [0.4, 0.5) is 0 Å². The van der Waals surface area contributed by atoms with E-state index in [1.165, 1.54) is 0 Å². The van der Waals surface area contributed by atoms with Crippen LogP contribution in [-0.2, 0) is 101 Å². The van der Waals surface area contributed by atoms with Crippen molar-refractivity contribution in [2.24, 2.45) is 15.3 Å². The molecule has 0 radical (unpaired) electrons. The number of nitrogens with one attached hydrogen (secondary N) is 2. The van der Waals surface area contributed by atoms with E-state index in [1.807, 2.05) is 13.1 Å². The second-order valence-electron chi connectivity index (χ2n) is 18.5. The summed E-state index contributed by atoms with van der Waals surface area (Å²) in [7, 11) is 3.20. The first kappa shape index (κ1) is 89.3. The van der Waals surface area contributed by atoms with Crippen LogP contribution in [0.25, 0.3) is 31.3 Å². The van der Waals surface area contributed by atoms with Gasteiger partial charge in [-0.3, -0.25) is 19.4 Å². The van der Waals surface area contributed by atoms with E-state index in [0.717, 1.165) is 25.3 Å². The smallest absolute Gasteiger partial charge is 0.222 e. The molecule has 0 saturated heterocycles. The molecule has 0 bridgehead atoms. The fourth-order valence-electron chi connectivity index (χ4n) is 6.78. The number of ether oxygens (including phenoxy) is 18. The summed E-state index contributed by atoms with van der Waals surface area (Å²) < 4.78 is 101. The van der Waals surface area contributed by atoms with Crippen LogP contribution in [-0.4, -0.2) is 347 Å². The summed E-state index contributed by atoms with van der Waals surface area (Å²) in [5, 5.41) is 23.2. The average molecular weight is 1330 g/mol. The molecule has 0 aliphatic rings. The summed E-state index contributed by atoms with van der Waals surface area (Å²) in [4.78, 5) is 34.7. The molecule has 2 N–H and O–H groups in total. The van der Waals surface area contributed by atoms with E-state index in [1.54, 1.807) is 18.8 Å². The summed E-state index contributed by atoms with van der Waals surface area (Å²) in [5.74, 6) is -0.0945. The van der Waals surface area contributed by atoms with Gasteiger partial charge in [0, 0.05) is 107 Å². The zero-order chi connectivity index (χ0) is 65.9. The van der Waals surface area contributed by atoms with Crippen LogP contribution in [0, 0.1) is 6.92 Å². The molecule has 0 fully saturated rings. The zero-order valence-electron chi connectivity index (χ0n) is 54.4. The van der Waals surface area contributed by atoms with E-state index in [0.29, 0.717) is 297 Å². The van der Waals surface area contributed by atoms with Gasteiger partial charge in [0.15, 0.2) is 0 Å². The van der Waals surface area contributed by atoms with Crippen LogP contribution in [0.3, 0.4) is 0 Å². The fraction of sp³-hybridized carbons (Fsp3) is 0.929. The van der Waals surface area contributed by atoms with Crippen molar-refractivity contribution in [3.8, 4) is 0 Å². The molecule has 0 aliphatic heterocycles. The standard InChI is InChI=1S/C29H56N8O10.C26H52N8O10.CH4/c1-28-27-37(35-33-28)8-14-44-20-26-47-25-19-43-13-7-36(6-12-42-18-24-46-22-16-40-10-4-32-34-30)5-11-41-17-23-45-21-15-39-9-3-29(38)31-2;1-29-26(35)2-8-36-14-20-42-23-17-39-11-5-34(6-12-40-18-24-43-21-15-37-9-3-30-32-27)7-13-41-19-25-44-22-16-38-10-4-31-33-28;/h27H,3-26H2,1-2H3,(H,31,38);2-25H2,1H3,(H,29,35);1H4. The predicted octanol–water partition coefficient (Wildman–Crippen LogP) is 2.31. The first-order valence-electron chi connectivity index (χ1n) is 31.0. The number of carbonyl (C=O) groups excluding carboxylic acids is 2. The second kappa shape index (κ2) is 76.9. The minimum absolute atomic E-state index is 0. The van der Waals surface area contributed by atoms with E-state index >= 15 is 0 Å². The van der Waals surface area contributed by atoms with E-state index in [4.69, 9.17) is 102 Å². The van der Waals surface area contributed by atoms with E-state index in [2.05, 4.69) is 60.8 Å². The molecule has 0 aliphatic carbocycles. The van der Waals surface area contributed by atoms with Gasteiger partial charge in [-0.15, -0.1) is 5.10 Å². The van der Waals surface area contributed by atoms with Gasteiger partial charge in [-0.2, -0.15) is 0 Å². The van der Waals surface area contributed by atoms with E-state index in [-0.39, 0.29) is 19.2 Å². The second-order valence-corrected chi connectivity index (χ2v) is 18.5. The minimum atomic E-state index is -0.0497. The Morgan fingerprint density at radius 2 is 0.598 bits per heavy atom. The van der Waals surface area contributed by atoms with Gasteiger partial charge in [-0.1, -0.05) is 28.0 Å². The topological polar surface area (TPSA) is 408 Å². The van der Waals surface area contributed by atoms with Crippen molar-refractivity contribution < 1.29 is 94.9 Å². The highest BCUT2D eigenvalue weighted by molar-refractivity contribution is 5.75. The van der Waals surface area contributed by atoms with Crippen LogP contribution in [0.15, 0.2) is 21.5 Å². The molecule has 36 heteroatoms. The van der Waals surface area contributed by atoms with Crippen LogP contribution in [0.2, 0.25) is 0 Å². The lowest BCUT2D eigenvalue weighted by Crippen LogP contribution is -2.34. The molecular weight excluding hydrogens is 1220 g/mol. The Labute approximate surface area is 543 Å². The van der Waals surface area contributed by atoms with Crippen LogP contribution in [0.5, 0.6) is 0 Å². The van der Waals surface area contributed by atoms with E-state index < -0.39 is 0 Å². The summed E-state index contributed by atoms with van der Waals surface area (Å²) in [6.07, 6.45) is 2.55. The molecule has 92 heavy (non-hydrogen) atoms. The summed E-state index contributed by atoms with van der Waals surface area (Å²) in [5.41, 5.74) is 25.5. The Morgan fingerprint density at radius 1 is 0.380 bits per heavy atom. The Balaban J connectivity index is 0.